The molecule has 2 N–H and O–H groups in total. The van der Waals surface area contributed by atoms with Gasteiger partial charge in [0, 0.05) is 16.9 Å². The quantitative estimate of drug-likeness (QED) is 0.893. The third-order valence-corrected chi connectivity index (χ3v) is 5.64. The highest BCUT2D eigenvalue weighted by atomic mass is 32.2. The van der Waals surface area contributed by atoms with Crippen molar-refractivity contribution in [2.45, 2.75) is 43.8 Å². The van der Waals surface area contributed by atoms with Crippen molar-refractivity contribution in [2.75, 3.05) is 12.8 Å². The molecule has 0 radical (unpaired) electrons. The van der Waals surface area contributed by atoms with E-state index in [1.165, 1.54) is 32.1 Å². The number of hydrogen-bond donors (Lipinski definition) is 2. The number of phenolic OH excluding ortho intramolecular Hbond substituents is 1. The van der Waals surface area contributed by atoms with Gasteiger partial charge in [0.25, 0.3) is 5.91 Å². The van der Waals surface area contributed by atoms with Crippen LogP contribution in [0.15, 0.2) is 18.2 Å². The first-order chi connectivity index (χ1) is 9.56. The second-order valence-corrected chi connectivity index (χ2v) is 6.90. The molecule has 2 rings (SSSR count). The molecular formula is C16H23NO2S. The van der Waals surface area contributed by atoms with Gasteiger partial charge >= 0.3 is 0 Å². The van der Waals surface area contributed by atoms with Gasteiger partial charge in [0.05, 0.1) is 0 Å². The zero-order valence-corrected chi connectivity index (χ0v) is 13.1. The third kappa shape index (κ3) is 3.48. The SMILES string of the molecule is CSC1(CNC(=O)c2ccc(O)cc2C)CCCCC1. The molecule has 1 amide bonds. The number of amides is 1. The summed E-state index contributed by atoms with van der Waals surface area (Å²) in [5.74, 6) is 0.161. The Morgan fingerprint density at radius 1 is 1.35 bits per heavy atom. The third-order valence-electron chi connectivity index (χ3n) is 4.22. The molecule has 4 heteroatoms. The molecule has 0 aromatic heterocycles. The fourth-order valence-corrected chi connectivity index (χ4v) is 3.80. The first-order valence-electron chi connectivity index (χ1n) is 7.19. The highest BCUT2D eigenvalue weighted by molar-refractivity contribution is 8.00. The van der Waals surface area contributed by atoms with Gasteiger partial charge in [0.1, 0.15) is 5.75 Å². The molecule has 1 saturated carbocycles. The lowest BCUT2D eigenvalue weighted by atomic mass is 9.88. The van der Waals surface area contributed by atoms with Gasteiger partial charge < -0.3 is 10.4 Å². The second kappa shape index (κ2) is 6.53. The van der Waals surface area contributed by atoms with Crippen molar-refractivity contribution in [3.63, 3.8) is 0 Å². The Balaban J connectivity index is 2.00. The van der Waals surface area contributed by atoms with E-state index < -0.39 is 0 Å². The maximum absolute atomic E-state index is 12.3. The summed E-state index contributed by atoms with van der Waals surface area (Å²) in [5, 5.41) is 12.5. The van der Waals surface area contributed by atoms with Crippen LogP contribution in [0.25, 0.3) is 0 Å². The summed E-state index contributed by atoms with van der Waals surface area (Å²) in [6, 6.07) is 4.87. The van der Waals surface area contributed by atoms with Gasteiger partial charge in [-0.3, -0.25) is 4.79 Å². The molecule has 1 fully saturated rings. The number of benzene rings is 1. The van der Waals surface area contributed by atoms with Crippen LogP contribution >= 0.6 is 11.8 Å². The number of carbonyl (C=O) groups is 1. The first kappa shape index (κ1) is 15.2. The molecule has 3 nitrogen and oxygen atoms in total. The Hall–Kier alpha value is -1.16. The zero-order valence-electron chi connectivity index (χ0n) is 12.2. The molecule has 0 bridgehead atoms. The molecule has 0 aliphatic heterocycles. The highest BCUT2D eigenvalue weighted by Gasteiger charge is 2.31. The molecule has 0 atom stereocenters. The number of hydrogen-bond acceptors (Lipinski definition) is 3. The van der Waals surface area contributed by atoms with Gasteiger partial charge in [-0.1, -0.05) is 19.3 Å². The van der Waals surface area contributed by atoms with Crippen molar-refractivity contribution >= 4 is 17.7 Å². The summed E-state index contributed by atoms with van der Waals surface area (Å²) in [4.78, 5) is 12.3. The molecular weight excluding hydrogens is 270 g/mol. The van der Waals surface area contributed by atoms with Crippen molar-refractivity contribution in [3.8, 4) is 5.75 Å². The Morgan fingerprint density at radius 2 is 2.05 bits per heavy atom. The van der Waals surface area contributed by atoms with Crippen LogP contribution in [0.4, 0.5) is 0 Å². The van der Waals surface area contributed by atoms with E-state index >= 15 is 0 Å². The lowest BCUT2D eigenvalue weighted by Gasteiger charge is -2.35. The Morgan fingerprint density at radius 3 is 2.65 bits per heavy atom. The Labute approximate surface area is 125 Å². The summed E-state index contributed by atoms with van der Waals surface area (Å²) >= 11 is 1.88. The minimum Gasteiger partial charge on any atom is -0.508 e. The number of aromatic hydroxyl groups is 1. The van der Waals surface area contributed by atoms with Crippen molar-refractivity contribution in [1.29, 1.82) is 0 Å². The topological polar surface area (TPSA) is 49.3 Å². The van der Waals surface area contributed by atoms with E-state index in [1.54, 1.807) is 18.2 Å². The van der Waals surface area contributed by atoms with E-state index in [1.807, 2.05) is 18.7 Å². The van der Waals surface area contributed by atoms with Crippen LogP contribution in [0.2, 0.25) is 0 Å². The first-order valence-corrected chi connectivity index (χ1v) is 8.42. The minimum atomic E-state index is -0.0403. The molecule has 1 aliphatic carbocycles. The highest BCUT2D eigenvalue weighted by Crippen LogP contribution is 2.38. The summed E-state index contributed by atoms with van der Waals surface area (Å²) in [5.41, 5.74) is 1.46. The van der Waals surface area contributed by atoms with Crippen LogP contribution < -0.4 is 5.32 Å². The molecule has 0 unspecified atom stereocenters. The summed E-state index contributed by atoms with van der Waals surface area (Å²) in [6.07, 6.45) is 8.34. The predicted molar refractivity (Wildman–Crippen MR) is 84.5 cm³/mol. The van der Waals surface area contributed by atoms with Crippen molar-refractivity contribution in [1.82, 2.24) is 5.32 Å². The van der Waals surface area contributed by atoms with Gasteiger partial charge in [0.15, 0.2) is 0 Å². The Bertz CT molecular complexity index is 481. The average molecular weight is 293 g/mol. The van der Waals surface area contributed by atoms with Gasteiger partial charge in [-0.05, 0) is 49.8 Å². The number of aryl methyl sites for hydroxylation is 1. The van der Waals surface area contributed by atoms with Gasteiger partial charge in [-0.15, -0.1) is 0 Å². The maximum Gasteiger partial charge on any atom is 0.251 e. The van der Waals surface area contributed by atoms with Crippen LogP contribution in [0, 0.1) is 6.92 Å². The fraction of sp³-hybridized carbons (Fsp3) is 0.562. The number of rotatable bonds is 4. The van der Waals surface area contributed by atoms with E-state index in [0.29, 0.717) is 5.56 Å². The second-order valence-electron chi connectivity index (χ2n) is 5.63. The normalized spacial score (nSPS) is 17.7. The lowest BCUT2D eigenvalue weighted by molar-refractivity contribution is 0.0946. The van der Waals surface area contributed by atoms with E-state index in [2.05, 4.69) is 11.6 Å². The lowest BCUT2D eigenvalue weighted by Crippen LogP contribution is -2.41. The summed E-state index contributed by atoms with van der Waals surface area (Å²) in [7, 11) is 0. The number of nitrogens with one attached hydrogen (secondary N) is 1. The molecule has 20 heavy (non-hydrogen) atoms. The summed E-state index contributed by atoms with van der Waals surface area (Å²) in [6.45, 7) is 2.58. The molecule has 0 saturated heterocycles. The van der Waals surface area contributed by atoms with Crippen LogP contribution in [0.3, 0.4) is 0 Å². The van der Waals surface area contributed by atoms with Crippen LogP contribution in [0.1, 0.15) is 48.0 Å². The molecule has 0 heterocycles. The number of carbonyl (C=O) groups excluding carboxylic acids is 1. The van der Waals surface area contributed by atoms with Crippen molar-refractivity contribution in [3.05, 3.63) is 29.3 Å². The predicted octanol–water partition coefficient (Wildman–Crippen LogP) is 3.50. The van der Waals surface area contributed by atoms with Gasteiger partial charge in [-0.25, -0.2) is 0 Å². The van der Waals surface area contributed by atoms with Crippen molar-refractivity contribution in [2.24, 2.45) is 0 Å². The standard InChI is InChI=1S/C16H23NO2S/c1-12-10-13(18)6-7-14(12)15(19)17-11-16(20-2)8-4-3-5-9-16/h6-7,10,18H,3-5,8-9,11H2,1-2H3,(H,17,19). The fourth-order valence-electron chi connectivity index (χ4n) is 2.89. The largest absolute Gasteiger partial charge is 0.508 e. The van der Waals surface area contributed by atoms with Crippen LogP contribution in [-0.4, -0.2) is 28.6 Å². The monoisotopic (exact) mass is 293 g/mol. The van der Waals surface area contributed by atoms with Crippen molar-refractivity contribution < 1.29 is 9.90 Å². The molecule has 0 spiro atoms. The zero-order chi connectivity index (χ0) is 14.6. The van der Waals surface area contributed by atoms with E-state index in [0.717, 1.165) is 12.1 Å². The van der Waals surface area contributed by atoms with Crippen LogP contribution in [0.5, 0.6) is 5.75 Å². The summed E-state index contributed by atoms with van der Waals surface area (Å²) < 4.78 is 0.207. The average Bonchev–Trinajstić information content (AvgIpc) is 2.46. The Kier molecular flexibility index (Phi) is 4.97. The number of phenols is 1. The van der Waals surface area contributed by atoms with E-state index in [-0.39, 0.29) is 16.4 Å². The smallest absolute Gasteiger partial charge is 0.251 e. The molecule has 1 aliphatic rings. The van der Waals surface area contributed by atoms with Crippen LogP contribution in [-0.2, 0) is 0 Å². The molecule has 110 valence electrons. The van der Waals surface area contributed by atoms with E-state index in [4.69, 9.17) is 0 Å². The number of thioether (sulfide) groups is 1. The molecule has 1 aromatic carbocycles. The maximum atomic E-state index is 12.3. The molecule has 1 aromatic rings. The van der Waals surface area contributed by atoms with Gasteiger partial charge in [-0.2, -0.15) is 11.8 Å². The van der Waals surface area contributed by atoms with Gasteiger partial charge in [0.2, 0.25) is 0 Å². The minimum absolute atomic E-state index is 0.0403. The van der Waals surface area contributed by atoms with E-state index in [9.17, 15) is 9.90 Å².